The molecule has 26 heavy (non-hydrogen) atoms. The molecule has 3 aromatic rings. The third kappa shape index (κ3) is 5.07. The number of benzene rings is 2. The summed E-state index contributed by atoms with van der Waals surface area (Å²) in [6.07, 6.45) is 2.45. The van der Waals surface area contributed by atoms with Gasteiger partial charge in [-0.3, -0.25) is 4.79 Å². The molecule has 1 heterocycles. The maximum Gasteiger partial charge on any atom is 0.224 e. The molecule has 134 valence electrons. The third-order valence-corrected chi connectivity index (χ3v) is 4.77. The summed E-state index contributed by atoms with van der Waals surface area (Å²) in [6, 6.07) is 15.3. The largest absolute Gasteiger partial charge is 0.331 e. The van der Waals surface area contributed by atoms with Gasteiger partial charge in [-0.25, -0.2) is 4.98 Å². The van der Waals surface area contributed by atoms with Gasteiger partial charge in [0.2, 0.25) is 5.91 Å². The molecular weight excluding hydrogens is 366 g/mol. The first-order chi connectivity index (χ1) is 12.6. The van der Waals surface area contributed by atoms with Gasteiger partial charge in [0.15, 0.2) is 5.13 Å². The number of nitrogens with one attached hydrogen (secondary N) is 2. The van der Waals surface area contributed by atoms with Crippen LogP contribution in [0.5, 0.6) is 0 Å². The standard InChI is InChI=1S/C20H20ClN3OS/c1-2-3-10-19(25)22-16-8-4-6-14(11-16)18-13-26-20(24-18)23-17-9-5-7-15(21)12-17/h4-9,11-13H,2-3,10H2,1H3,(H,22,25)(H,23,24). The van der Waals surface area contributed by atoms with E-state index in [9.17, 15) is 4.79 Å². The first kappa shape index (κ1) is 18.4. The zero-order chi connectivity index (χ0) is 18.4. The molecule has 0 bridgehead atoms. The van der Waals surface area contributed by atoms with Gasteiger partial charge >= 0.3 is 0 Å². The van der Waals surface area contributed by atoms with Crippen molar-refractivity contribution >= 4 is 45.4 Å². The van der Waals surface area contributed by atoms with Gasteiger partial charge in [0.1, 0.15) is 0 Å². The van der Waals surface area contributed by atoms with Crippen LogP contribution in [0.25, 0.3) is 11.3 Å². The molecule has 3 rings (SSSR count). The molecule has 2 N–H and O–H groups in total. The number of hydrogen-bond acceptors (Lipinski definition) is 4. The molecule has 0 fully saturated rings. The second-order valence-electron chi connectivity index (χ2n) is 5.91. The summed E-state index contributed by atoms with van der Waals surface area (Å²) in [6.45, 7) is 2.07. The lowest BCUT2D eigenvalue weighted by molar-refractivity contribution is -0.116. The lowest BCUT2D eigenvalue weighted by atomic mass is 10.1. The molecule has 6 heteroatoms. The molecule has 0 saturated heterocycles. The lowest BCUT2D eigenvalue weighted by Crippen LogP contribution is -2.10. The first-order valence-electron chi connectivity index (χ1n) is 8.52. The second kappa shape index (κ2) is 8.83. The zero-order valence-corrected chi connectivity index (χ0v) is 16.0. The molecule has 0 aliphatic heterocycles. The number of unbranched alkanes of at least 4 members (excludes halogenated alkanes) is 1. The topological polar surface area (TPSA) is 54.0 Å². The molecule has 1 amide bonds. The Morgan fingerprint density at radius 2 is 1.96 bits per heavy atom. The summed E-state index contributed by atoms with van der Waals surface area (Å²) in [5.41, 5.74) is 3.52. The van der Waals surface area contributed by atoms with Crippen molar-refractivity contribution in [2.24, 2.45) is 0 Å². The maximum atomic E-state index is 11.9. The molecule has 0 aliphatic rings. The average Bonchev–Trinajstić information content (AvgIpc) is 3.09. The van der Waals surface area contributed by atoms with E-state index in [2.05, 4.69) is 22.5 Å². The van der Waals surface area contributed by atoms with E-state index in [1.165, 1.54) is 11.3 Å². The number of amides is 1. The van der Waals surface area contributed by atoms with Gasteiger partial charge in [0.25, 0.3) is 0 Å². The molecule has 0 spiro atoms. The number of carbonyl (C=O) groups is 1. The van der Waals surface area contributed by atoms with Gasteiger partial charge in [-0.1, -0.05) is 43.1 Å². The number of thiazole rings is 1. The molecule has 0 atom stereocenters. The first-order valence-corrected chi connectivity index (χ1v) is 9.78. The molecule has 2 aromatic carbocycles. The Morgan fingerprint density at radius 3 is 2.77 bits per heavy atom. The van der Waals surface area contributed by atoms with Crippen LogP contribution in [0.2, 0.25) is 5.02 Å². The highest BCUT2D eigenvalue weighted by molar-refractivity contribution is 7.14. The van der Waals surface area contributed by atoms with E-state index in [0.717, 1.165) is 40.6 Å². The molecule has 0 unspecified atom stereocenters. The van der Waals surface area contributed by atoms with Crippen molar-refractivity contribution in [3.05, 3.63) is 58.9 Å². The van der Waals surface area contributed by atoms with Gasteiger partial charge in [0, 0.05) is 33.8 Å². The van der Waals surface area contributed by atoms with Gasteiger partial charge in [-0.15, -0.1) is 11.3 Å². The fourth-order valence-corrected chi connectivity index (χ4v) is 3.40. The van der Waals surface area contributed by atoms with Gasteiger partial charge in [-0.2, -0.15) is 0 Å². The molecule has 0 radical (unpaired) electrons. The fourth-order valence-electron chi connectivity index (χ4n) is 2.47. The normalized spacial score (nSPS) is 10.5. The Hall–Kier alpha value is -2.37. The van der Waals surface area contributed by atoms with Crippen LogP contribution in [-0.4, -0.2) is 10.9 Å². The van der Waals surface area contributed by atoms with Gasteiger partial charge in [0.05, 0.1) is 5.69 Å². The van der Waals surface area contributed by atoms with Crippen LogP contribution in [0.3, 0.4) is 0 Å². The predicted molar refractivity (Wildman–Crippen MR) is 110 cm³/mol. The Kier molecular flexibility index (Phi) is 6.26. The van der Waals surface area contributed by atoms with Crippen molar-refractivity contribution in [2.45, 2.75) is 26.2 Å². The fraction of sp³-hybridized carbons (Fsp3) is 0.200. The highest BCUT2D eigenvalue weighted by atomic mass is 35.5. The van der Waals surface area contributed by atoms with Crippen molar-refractivity contribution in [3.8, 4) is 11.3 Å². The van der Waals surface area contributed by atoms with Crippen LogP contribution in [-0.2, 0) is 4.79 Å². The highest BCUT2D eigenvalue weighted by Crippen LogP contribution is 2.29. The number of carbonyl (C=O) groups excluding carboxylic acids is 1. The van der Waals surface area contributed by atoms with E-state index >= 15 is 0 Å². The van der Waals surface area contributed by atoms with Crippen molar-refractivity contribution in [2.75, 3.05) is 10.6 Å². The minimum Gasteiger partial charge on any atom is -0.331 e. The van der Waals surface area contributed by atoms with Crippen molar-refractivity contribution in [1.82, 2.24) is 4.98 Å². The summed E-state index contributed by atoms with van der Waals surface area (Å²) in [7, 11) is 0. The van der Waals surface area contributed by atoms with Crippen LogP contribution < -0.4 is 10.6 Å². The van der Waals surface area contributed by atoms with Crippen molar-refractivity contribution in [3.63, 3.8) is 0 Å². The predicted octanol–water partition coefficient (Wildman–Crippen LogP) is 6.34. The monoisotopic (exact) mass is 385 g/mol. The summed E-state index contributed by atoms with van der Waals surface area (Å²) < 4.78 is 0. The minimum absolute atomic E-state index is 0.0468. The maximum absolute atomic E-state index is 11.9. The van der Waals surface area contributed by atoms with E-state index in [0.29, 0.717) is 11.4 Å². The number of halogens is 1. The van der Waals surface area contributed by atoms with Crippen LogP contribution in [0.1, 0.15) is 26.2 Å². The average molecular weight is 386 g/mol. The Labute approximate surface area is 162 Å². The number of hydrogen-bond donors (Lipinski definition) is 2. The van der Waals surface area contributed by atoms with Crippen molar-refractivity contribution < 1.29 is 4.79 Å². The van der Waals surface area contributed by atoms with Crippen LogP contribution in [0.15, 0.2) is 53.9 Å². The van der Waals surface area contributed by atoms with E-state index < -0.39 is 0 Å². The summed E-state index contributed by atoms with van der Waals surface area (Å²) in [5, 5.41) is 9.67. The summed E-state index contributed by atoms with van der Waals surface area (Å²) in [5.74, 6) is 0.0468. The van der Waals surface area contributed by atoms with Crippen LogP contribution in [0.4, 0.5) is 16.5 Å². The SMILES string of the molecule is CCCCC(=O)Nc1cccc(-c2csc(Nc3cccc(Cl)c3)n2)c1. The zero-order valence-electron chi connectivity index (χ0n) is 14.5. The molecular formula is C20H20ClN3OS. The number of aromatic nitrogens is 1. The molecule has 1 aromatic heterocycles. The summed E-state index contributed by atoms with van der Waals surface area (Å²) >= 11 is 7.53. The van der Waals surface area contributed by atoms with Gasteiger partial charge in [-0.05, 0) is 36.8 Å². The van der Waals surface area contributed by atoms with Crippen molar-refractivity contribution in [1.29, 1.82) is 0 Å². The van der Waals surface area contributed by atoms with Crippen LogP contribution >= 0.6 is 22.9 Å². The number of anilines is 3. The Balaban J connectivity index is 1.70. The quantitative estimate of drug-likeness (QED) is 0.499. The molecule has 0 saturated carbocycles. The molecule has 4 nitrogen and oxygen atoms in total. The van der Waals surface area contributed by atoms with E-state index in [1.54, 1.807) is 0 Å². The Bertz CT molecular complexity index is 894. The lowest BCUT2D eigenvalue weighted by Gasteiger charge is -2.06. The third-order valence-electron chi connectivity index (χ3n) is 3.78. The summed E-state index contributed by atoms with van der Waals surface area (Å²) in [4.78, 5) is 16.5. The minimum atomic E-state index is 0.0468. The van der Waals surface area contributed by atoms with E-state index in [1.807, 2.05) is 53.9 Å². The highest BCUT2D eigenvalue weighted by Gasteiger charge is 2.07. The van der Waals surface area contributed by atoms with Gasteiger partial charge < -0.3 is 10.6 Å². The van der Waals surface area contributed by atoms with E-state index in [4.69, 9.17) is 11.6 Å². The smallest absolute Gasteiger partial charge is 0.224 e. The van der Waals surface area contributed by atoms with E-state index in [-0.39, 0.29) is 5.91 Å². The second-order valence-corrected chi connectivity index (χ2v) is 7.20. The Morgan fingerprint density at radius 1 is 1.15 bits per heavy atom. The number of rotatable bonds is 7. The molecule has 0 aliphatic carbocycles. The van der Waals surface area contributed by atoms with Crippen LogP contribution in [0, 0.1) is 0 Å². The number of nitrogens with zero attached hydrogens (tertiary/aromatic N) is 1.